The van der Waals surface area contributed by atoms with Gasteiger partial charge in [0.05, 0.1) is 24.9 Å². The van der Waals surface area contributed by atoms with E-state index in [1.165, 1.54) is 11.6 Å². The average molecular weight is 535 g/mol. The molecule has 4 aromatic carbocycles. The van der Waals surface area contributed by atoms with Crippen molar-refractivity contribution in [2.75, 3.05) is 14.2 Å². The fourth-order valence-electron chi connectivity index (χ4n) is 3.68. The molecule has 4 rings (SSSR count). The Morgan fingerprint density at radius 1 is 0.784 bits per heavy atom. The van der Waals surface area contributed by atoms with Crippen molar-refractivity contribution in [1.29, 1.82) is 0 Å². The molecule has 0 aliphatic carbocycles. The first-order valence-electron chi connectivity index (χ1n) is 11.8. The molecule has 0 saturated heterocycles. The molecule has 7 heteroatoms. The molecule has 0 N–H and O–H groups in total. The molecule has 190 valence electrons. The highest BCUT2D eigenvalue weighted by Crippen LogP contribution is 2.27. The van der Waals surface area contributed by atoms with E-state index in [0.29, 0.717) is 18.8 Å². The van der Waals surface area contributed by atoms with Gasteiger partial charge in [-0.3, -0.25) is 0 Å². The average Bonchev–Trinajstić information content (AvgIpc) is 2.94. The van der Waals surface area contributed by atoms with Crippen molar-refractivity contribution in [3.63, 3.8) is 0 Å². The van der Waals surface area contributed by atoms with E-state index in [0.717, 1.165) is 33.5 Å². The van der Waals surface area contributed by atoms with Crippen LogP contribution < -0.4 is 9.47 Å². The number of methoxy groups -OCH3 is 2. The van der Waals surface area contributed by atoms with Crippen LogP contribution in [0.1, 0.15) is 16.7 Å². The van der Waals surface area contributed by atoms with Gasteiger partial charge in [0.15, 0.2) is 5.17 Å². The molecule has 0 fully saturated rings. The van der Waals surface area contributed by atoms with E-state index in [2.05, 4.69) is 17.0 Å². The van der Waals surface area contributed by atoms with Gasteiger partial charge < -0.3 is 14.4 Å². The lowest BCUT2D eigenvalue weighted by Crippen LogP contribution is -2.28. The van der Waals surface area contributed by atoms with Crippen molar-refractivity contribution in [3.05, 3.63) is 125 Å². The predicted octanol–water partition coefficient (Wildman–Crippen LogP) is 8.12. The fraction of sp³-hybridized carbons (Fsp3) is 0.167. The Labute approximate surface area is 226 Å². The topological polar surface area (TPSA) is 34.1 Å². The second kappa shape index (κ2) is 13.2. The summed E-state index contributed by atoms with van der Waals surface area (Å²) in [5, 5.41) is 0.851. The van der Waals surface area contributed by atoms with E-state index in [4.69, 9.17) is 26.1 Å². The van der Waals surface area contributed by atoms with Crippen LogP contribution in [-0.2, 0) is 18.8 Å². The largest absolute Gasteiger partial charge is 0.497 e. The maximum absolute atomic E-state index is 13.8. The number of aliphatic imine (C=N–C) groups is 1. The van der Waals surface area contributed by atoms with E-state index >= 15 is 0 Å². The van der Waals surface area contributed by atoms with Gasteiger partial charge in [0, 0.05) is 18.8 Å². The Bertz CT molecular complexity index is 1270. The first-order valence-corrected chi connectivity index (χ1v) is 13.1. The van der Waals surface area contributed by atoms with E-state index in [1.807, 2.05) is 66.7 Å². The summed E-state index contributed by atoms with van der Waals surface area (Å²) in [7, 11) is 3.31. The molecule has 0 bridgehead atoms. The van der Waals surface area contributed by atoms with Gasteiger partial charge in [-0.2, -0.15) is 0 Å². The van der Waals surface area contributed by atoms with E-state index in [1.54, 1.807) is 38.1 Å². The standard InChI is InChI=1S/C30H28ClFN2O2S/c1-35-26-13-8-22(9-14-26)19-34(20-23-10-15-27(36-2)16-11-23)30(37-21-24-6-4-3-5-7-24)33-25-12-17-29(32)28(31)18-25/h3-18H,19-21H2,1-2H3. The molecule has 0 unspecified atom stereocenters. The SMILES string of the molecule is COc1ccc(CN(Cc2ccc(OC)cc2)C(=Nc2ccc(F)c(Cl)c2)SCc2ccccc2)cc1. The van der Waals surface area contributed by atoms with Gasteiger partial charge >= 0.3 is 0 Å². The van der Waals surface area contributed by atoms with Gasteiger partial charge in [-0.05, 0) is 59.2 Å². The minimum absolute atomic E-state index is 0.0468. The molecule has 0 heterocycles. The molecule has 4 nitrogen and oxygen atoms in total. The molecule has 0 aliphatic heterocycles. The van der Waals surface area contributed by atoms with Crippen LogP contribution in [0, 0.1) is 5.82 Å². The Balaban J connectivity index is 1.70. The van der Waals surface area contributed by atoms with E-state index < -0.39 is 5.82 Å². The van der Waals surface area contributed by atoms with E-state index in [-0.39, 0.29) is 5.02 Å². The Hall–Kier alpha value is -3.48. The molecule has 0 aromatic heterocycles. The number of nitrogens with zero attached hydrogens (tertiary/aromatic N) is 2. The zero-order valence-electron chi connectivity index (χ0n) is 20.7. The zero-order valence-corrected chi connectivity index (χ0v) is 22.3. The molecular formula is C30H28ClFN2O2S. The van der Waals surface area contributed by atoms with Gasteiger partial charge in [-0.1, -0.05) is 78.0 Å². The summed E-state index contributed by atoms with van der Waals surface area (Å²) >= 11 is 7.71. The number of amidine groups is 1. The first-order chi connectivity index (χ1) is 18.0. The van der Waals surface area contributed by atoms with Crippen LogP contribution in [0.5, 0.6) is 11.5 Å². The van der Waals surface area contributed by atoms with Crippen molar-refractivity contribution in [3.8, 4) is 11.5 Å². The van der Waals surface area contributed by atoms with Crippen LogP contribution >= 0.6 is 23.4 Å². The van der Waals surface area contributed by atoms with Crippen molar-refractivity contribution in [1.82, 2.24) is 4.90 Å². The van der Waals surface area contributed by atoms with Gasteiger partial charge in [0.1, 0.15) is 17.3 Å². The predicted molar refractivity (Wildman–Crippen MR) is 151 cm³/mol. The van der Waals surface area contributed by atoms with Crippen molar-refractivity contribution < 1.29 is 13.9 Å². The van der Waals surface area contributed by atoms with Crippen LogP contribution in [0.2, 0.25) is 5.02 Å². The Morgan fingerprint density at radius 3 is 1.86 bits per heavy atom. The van der Waals surface area contributed by atoms with Gasteiger partial charge in [0.25, 0.3) is 0 Å². The fourth-order valence-corrected chi connectivity index (χ4v) is 4.82. The maximum Gasteiger partial charge on any atom is 0.165 e. The van der Waals surface area contributed by atoms with Gasteiger partial charge in [0.2, 0.25) is 0 Å². The van der Waals surface area contributed by atoms with Crippen molar-refractivity contribution >= 4 is 34.2 Å². The summed E-state index contributed by atoms with van der Waals surface area (Å²) < 4.78 is 24.5. The maximum atomic E-state index is 13.8. The third kappa shape index (κ3) is 7.75. The van der Waals surface area contributed by atoms with Crippen LogP contribution in [0.3, 0.4) is 0 Å². The summed E-state index contributed by atoms with van der Waals surface area (Å²) in [6.45, 7) is 1.23. The molecule has 0 spiro atoms. The van der Waals surface area contributed by atoms with Crippen LogP contribution in [0.15, 0.2) is 102 Å². The van der Waals surface area contributed by atoms with Crippen LogP contribution in [-0.4, -0.2) is 24.3 Å². The molecule has 37 heavy (non-hydrogen) atoms. The summed E-state index contributed by atoms with van der Waals surface area (Å²) in [6, 6.07) is 30.8. The number of rotatable bonds is 9. The molecule has 4 aromatic rings. The minimum atomic E-state index is -0.465. The third-order valence-electron chi connectivity index (χ3n) is 5.67. The number of hydrogen-bond donors (Lipinski definition) is 0. The molecule has 0 atom stereocenters. The monoisotopic (exact) mass is 534 g/mol. The van der Waals surface area contributed by atoms with Crippen LogP contribution in [0.4, 0.5) is 10.1 Å². The molecule has 0 saturated carbocycles. The van der Waals surface area contributed by atoms with Gasteiger partial charge in [-0.15, -0.1) is 0 Å². The second-order valence-electron chi connectivity index (χ2n) is 8.32. The number of ether oxygens (including phenoxy) is 2. The smallest absolute Gasteiger partial charge is 0.165 e. The summed E-state index contributed by atoms with van der Waals surface area (Å²) in [5.41, 5.74) is 4.00. The number of thioether (sulfide) groups is 1. The highest BCUT2D eigenvalue weighted by molar-refractivity contribution is 8.13. The normalized spacial score (nSPS) is 11.3. The number of halogens is 2. The lowest BCUT2D eigenvalue weighted by molar-refractivity contribution is 0.405. The highest BCUT2D eigenvalue weighted by Gasteiger charge is 2.16. The quantitative estimate of drug-likeness (QED) is 0.160. The Kier molecular flexibility index (Phi) is 9.46. The second-order valence-corrected chi connectivity index (χ2v) is 9.67. The van der Waals surface area contributed by atoms with Crippen molar-refractivity contribution in [2.45, 2.75) is 18.8 Å². The lowest BCUT2D eigenvalue weighted by Gasteiger charge is -2.26. The highest BCUT2D eigenvalue weighted by atomic mass is 35.5. The zero-order chi connectivity index (χ0) is 26.0. The summed E-state index contributed by atoms with van der Waals surface area (Å²) in [5.74, 6) is 1.88. The molecular weight excluding hydrogens is 507 g/mol. The van der Waals surface area contributed by atoms with Crippen molar-refractivity contribution in [2.24, 2.45) is 4.99 Å². The Morgan fingerprint density at radius 2 is 1.35 bits per heavy atom. The minimum Gasteiger partial charge on any atom is -0.497 e. The van der Waals surface area contributed by atoms with Gasteiger partial charge in [-0.25, -0.2) is 9.38 Å². The van der Waals surface area contributed by atoms with Crippen LogP contribution in [0.25, 0.3) is 0 Å². The number of hydrogen-bond acceptors (Lipinski definition) is 4. The van der Waals surface area contributed by atoms with E-state index in [9.17, 15) is 4.39 Å². The third-order valence-corrected chi connectivity index (χ3v) is 7.05. The number of benzene rings is 4. The summed E-state index contributed by atoms with van der Waals surface area (Å²) in [4.78, 5) is 7.16. The summed E-state index contributed by atoms with van der Waals surface area (Å²) in [6.07, 6.45) is 0. The lowest BCUT2D eigenvalue weighted by atomic mass is 10.1. The molecule has 0 aliphatic rings. The molecule has 0 amide bonds. The molecule has 0 radical (unpaired) electrons. The first kappa shape index (κ1) is 26.6.